The second-order valence-corrected chi connectivity index (χ2v) is 10.2. The third-order valence-corrected chi connectivity index (χ3v) is 6.99. The summed E-state index contributed by atoms with van der Waals surface area (Å²) in [7, 11) is -2.24. The Morgan fingerprint density at radius 3 is 2.27 bits per heavy atom. The SMILES string of the molecule is COc1ccc(NS(=O)(=O)c2ccc(/C=C/C(=O)OCC(=O)c3cc(C)sc3C)cc2)cc1. The lowest BCUT2D eigenvalue weighted by atomic mass is 10.2. The van der Waals surface area contributed by atoms with E-state index < -0.39 is 16.0 Å². The first-order valence-electron chi connectivity index (χ1n) is 9.90. The minimum atomic E-state index is -3.77. The number of ether oxygens (including phenoxy) is 2. The molecule has 1 heterocycles. The van der Waals surface area contributed by atoms with Crippen LogP contribution in [0, 0.1) is 13.8 Å². The van der Waals surface area contributed by atoms with Crippen LogP contribution in [-0.4, -0.2) is 33.9 Å². The highest BCUT2D eigenvalue weighted by Crippen LogP contribution is 2.21. The van der Waals surface area contributed by atoms with Gasteiger partial charge in [0.1, 0.15) is 5.75 Å². The standard InChI is InChI=1S/C24H23NO6S2/c1-16-14-22(17(2)32-16)23(26)15-31-24(27)13-6-18-4-11-21(12-5-18)33(28,29)25-19-7-9-20(30-3)10-8-19/h4-14,25H,15H2,1-3H3/b13-6+. The molecule has 3 aromatic rings. The van der Waals surface area contributed by atoms with Crippen molar-refractivity contribution in [1.29, 1.82) is 0 Å². The van der Waals surface area contributed by atoms with Crippen molar-refractivity contribution in [2.24, 2.45) is 0 Å². The fourth-order valence-electron chi connectivity index (χ4n) is 2.97. The topological polar surface area (TPSA) is 98.8 Å². The Morgan fingerprint density at radius 2 is 1.70 bits per heavy atom. The van der Waals surface area contributed by atoms with Crippen LogP contribution in [0.15, 0.2) is 65.6 Å². The van der Waals surface area contributed by atoms with Crippen LogP contribution in [0.4, 0.5) is 5.69 Å². The van der Waals surface area contributed by atoms with Crippen LogP contribution in [-0.2, 0) is 19.6 Å². The summed E-state index contributed by atoms with van der Waals surface area (Å²) in [6.45, 7) is 3.42. The van der Waals surface area contributed by atoms with Crippen LogP contribution in [0.25, 0.3) is 6.08 Å². The molecule has 9 heteroatoms. The van der Waals surface area contributed by atoms with Crippen molar-refractivity contribution < 1.29 is 27.5 Å². The van der Waals surface area contributed by atoms with Crippen LogP contribution in [0.1, 0.15) is 25.7 Å². The molecule has 33 heavy (non-hydrogen) atoms. The molecular weight excluding hydrogens is 462 g/mol. The van der Waals surface area contributed by atoms with E-state index in [1.54, 1.807) is 42.5 Å². The molecule has 3 rings (SSSR count). The molecule has 7 nitrogen and oxygen atoms in total. The molecule has 0 radical (unpaired) electrons. The molecule has 0 saturated heterocycles. The maximum Gasteiger partial charge on any atom is 0.331 e. The van der Waals surface area contributed by atoms with E-state index in [4.69, 9.17) is 9.47 Å². The first-order chi connectivity index (χ1) is 15.7. The number of aryl methyl sites for hydroxylation is 2. The summed E-state index contributed by atoms with van der Waals surface area (Å²) in [5.41, 5.74) is 1.57. The van der Waals surface area contributed by atoms with Crippen LogP contribution in [0.3, 0.4) is 0 Å². The van der Waals surface area contributed by atoms with Gasteiger partial charge in [0.05, 0.1) is 12.0 Å². The number of hydrogen-bond acceptors (Lipinski definition) is 7. The molecule has 0 aliphatic carbocycles. The lowest BCUT2D eigenvalue weighted by Gasteiger charge is -2.09. The molecule has 1 N–H and O–H groups in total. The minimum Gasteiger partial charge on any atom is -0.497 e. The maximum atomic E-state index is 12.6. The van der Waals surface area contributed by atoms with Crippen molar-refractivity contribution >= 4 is 44.9 Å². The summed E-state index contributed by atoms with van der Waals surface area (Å²) in [5, 5.41) is 0. The van der Waals surface area contributed by atoms with Gasteiger partial charge in [-0.1, -0.05) is 12.1 Å². The normalized spacial score (nSPS) is 11.4. The summed E-state index contributed by atoms with van der Waals surface area (Å²) < 4.78 is 37.7. The monoisotopic (exact) mass is 485 g/mol. The molecule has 0 bridgehead atoms. The highest BCUT2D eigenvalue weighted by Gasteiger charge is 2.15. The van der Waals surface area contributed by atoms with Crippen molar-refractivity contribution in [2.75, 3.05) is 18.4 Å². The highest BCUT2D eigenvalue weighted by atomic mass is 32.2. The Kier molecular flexibility index (Phi) is 7.67. The van der Waals surface area contributed by atoms with Crippen molar-refractivity contribution in [3.8, 4) is 5.75 Å². The van der Waals surface area contributed by atoms with E-state index in [1.807, 2.05) is 13.8 Å². The first kappa shape index (κ1) is 24.2. The lowest BCUT2D eigenvalue weighted by Crippen LogP contribution is -2.13. The molecule has 0 amide bonds. The number of esters is 1. The van der Waals surface area contributed by atoms with Crippen molar-refractivity contribution in [2.45, 2.75) is 18.7 Å². The lowest BCUT2D eigenvalue weighted by molar-refractivity contribution is -0.136. The average molecular weight is 486 g/mol. The van der Waals surface area contributed by atoms with Gasteiger partial charge in [-0.15, -0.1) is 11.3 Å². The van der Waals surface area contributed by atoms with Gasteiger partial charge in [0, 0.05) is 27.1 Å². The van der Waals surface area contributed by atoms with Crippen molar-refractivity contribution in [3.63, 3.8) is 0 Å². The molecule has 172 valence electrons. The third-order valence-electron chi connectivity index (χ3n) is 4.63. The number of methoxy groups -OCH3 is 1. The number of benzene rings is 2. The summed E-state index contributed by atoms with van der Waals surface area (Å²) in [5.74, 6) is -0.294. The van der Waals surface area contributed by atoms with Gasteiger partial charge in [-0.2, -0.15) is 0 Å². The van der Waals surface area contributed by atoms with Gasteiger partial charge in [-0.3, -0.25) is 9.52 Å². The van der Waals surface area contributed by atoms with E-state index in [2.05, 4.69) is 4.72 Å². The van der Waals surface area contributed by atoms with Gasteiger partial charge >= 0.3 is 5.97 Å². The molecule has 1 aromatic heterocycles. The van der Waals surface area contributed by atoms with Crippen LogP contribution in [0.5, 0.6) is 5.75 Å². The number of hydrogen-bond donors (Lipinski definition) is 1. The van der Waals surface area contributed by atoms with Gasteiger partial charge in [-0.05, 0) is 68.0 Å². The van der Waals surface area contributed by atoms with Crippen molar-refractivity contribution in [1.82, 2.24) is 0 Å². The summed E-state index contributed by atoms with van der Waals surface area (Å²) >= 11 is 1.52. The molecule has 0 spiro atoms. The fourth-order valence-corrected chi connectivity index (χ4v) is 4.97. The van der Waals surface area contributed by atoms with Crippen molar-refractivity contribution in [3.05, 3.63) is 81.6 Å². The largest absolute Gasteiger partial charge is 0.497 e. The molecular formula is C24H23NO6S2. The Bertz CT molecular complexity index is 1270. The van der Waals surface area contributed by atoms with E-state index >= 15 is 0 Å². The zero-order chi connectivity index (χ0) is 24.0. The number of sulfonamides is 1. The van der Waals surface area contributed by atoms with E-state index in [1.165, 1.54) is 42.7 Å². The molecule has 0 unspecified atom stereocenters. The highest BCUT2D eigenvalue weighted by molar-refractivity contribution is 7.92. The minimum absolute atomic E-state index is 0.0741. The molecule has 2 aromatic carbocycles. The van der Waals surface area contributed by atoms with E-state index in [0.29, 0.717) is 22.6 Å². The number of nitrogens with one attached hydrogen (secondary N) is 1. The van der Waals surface area contributed by atoms with Crippen LogP contribution < -0.4 is 9.46 Å². The fraction of sp³-hybridized carbons (Fsp3) is 0.167. The van der Waals surface area contributed by atoms with E-state index in [9.17, 15) is 18.0 Å². The quantitative estimate of drug-likeness (QED) is 0.270. The first-order valence-corrected chi connectivity index (χ1v) is 12.2. The summed E-state index contributed by atoms with van der Waals surface area (Å²) in [4.78, 5) is 26.1. The predicted molar refractivity (Wildman–Crippen MR) is 128 cm³/mol. The van der Waals surface area contributed by atoms with E-state index in [-0.39, 0.29) is 17.3 Å². The van der Waals surface area contributed by atoms with Gasteiger partial charge in [0.15, 0.2) is 6.61 Å². The number of rotatable bonds is 9. The van der Waals surface area contributed by atoms with Crippen LogP contribution >= 0.6 is 11.3 Å². The molecule has 0 aliphatic heterocycles. The zero-order valence-electron chi connectivity index (χ0n) is 18.3. The summed E-state index contributed by atoms with van der Waals surface area (Å²) in [6, 6.07) is 14.3. The van der Waals surface area contributed by atoms with Crippen LogP contribution in [0.2, 0.25) is 0 Å². The number of carbonyl (C=O) groups excluding carboxylic acids is 2. The second kappa shape index (κ2) is 10.5. The zero-order valence-corrected chi connectivity index (χ0v) is 20.0. The molecule has 0 atom stereocenters. The van der Waals surface area contributed by atoms with Gasteiger partial charge in [0.2, 0.25) is 5.78 Å². The number of thiophene rings is 1. The van der Waals surface area contributed by atoms with Gasteiger partial charge in [0.25, 0.3) is 10.0 Å². The number of ketones is 1. The van der Waals surface area contributed by atoms with Gasteiger partial charge in [-0.25, -0.2) is 13.2 Å². The van der Waals surface area contributed by atoms with E-state index in [0.717, 1.165) is 9.75 Å². The Morgan fingerprint density at radius 1 is 1.03 bits per heavy atom. The predicted octanol–water partition coefficient (Wildman–Crippen LogP) is 4.61. The second-order valence-electron chi connectivity index (χ2n) is 7.09. The summed E-state index contributed by atoms with van der Waals surface area (Å²) in [6.07, 6.45) is 2.68. The Labute approximate surface area is 196 Å². The number of carbonyl (C=O) groups is 2. The average Bonchev–Trinajstić information content (AvgIpc) is 3.14. The molecule has 0 saturated carbocycles. The Balaban J connectivity index is 1.57. The number of Topliss-reactive ketones (excluding diaryl/α,β-unsaturated/α-hetero) is 1. The van der Waals surface area contributed by atoms with Gasteiger partial charge < -0.3 is 9.47 Å². The Hall–Kier alpha value is -3.43. The third kappa shape index (κ3) is 6.53. The smallest absolute Gasteiger partial charge is 0.331 e. The molecule has 0 fully saturated rings. The maximum absolute atomic E-state index is 12.6. The molecule has 0 aliphatic rings. The number of anilines is 1.